The molecule has 0 saturated heterocycles. The molecule has 0 aliphatic heterocycles. The first-order valence-corrected chi connectivity index (χ1v) is 12.8. The second kappa shape index (κ2) is 12.1. The maximum atomic E-state index is 12.8. The molecule has 31 heavy (non-hydrogen) atoms. The van der Waals surface area contributed by atoms with E-state index in [4.69, 9.17) is 16.3 Å². The van der Waals surface area contributed by atoms with Crippen molar-refractivity contribution >= 4 is 50.9 Å². The first kappa shape index (κ1) is 25.2. The Bertz CT molecular complexity index is 980. The van der Waals surface area contributed by atoms with Gasteiger partial charge in [-0.25, -0.2) is 8.42 Å². The lowest BCUT2D eigenvalue weighted by molar-refractivity contribution is -0.142. The number of nitrogens with one attached hydrogen (secondary N) is 2. The van der Waals surface area contributed by atoms with Gasteiger partial charge in [-0.2, -0.15) is 16.5 Å². The first-order chi connectivity index (χ1) is 14.7. The Morgan fingerprint density at radius 2 is 1.74 bits per heavy atom. The van der Waals surface area contributed by atoms with Crippen molar-refractivity contribution in [1.82, 2.24) is 4.72 Å². The number of anilines is 1. The van der Waals surface area contributed by atoms with E-state index in [-0.39, 0.29) is 17.3 Å². The van der Waals surface area contributed by atoms with Crippen molar-refractivity contribution < 1.29 is 22.7 Å². The van der Waals surface area contributed by atoms with Crippen LogP contribution in [0, 0.1) is 0 Å². The molecule has 7 nitrogen and oxygen atoms in total. The molecular formula is C21H25ClN2O5S2. The second-order valence-corrected chi connectivity index (χ2v) is 9.71. The third kappa shape index (κ3) is 8.17. The molecule has 0 aliphatic rings. The number of benzene rings is 2. The summed E-state index contributed by atoms with van der Waals surface area (Å²) in [6, 6.07) is 11.5. The minimum atomic E-state index is -3.90. The van der Waals surface area contributed by atoms with E-state index in [0.29, 0.717) is 29.5 Å². The van der Waals surface area contributed by atoms with E-state index in [1.165, 1.54) is 36.0 Å². The van der Waals surface area contributed by atoms with Crippen LogP contribution < -0.4 is 10.0 Å². The summed E-state index contributed by atoms with van der Waals surface area (Å²) < 4.78 is 32.8. The van der Waals surface area contributed by atoms with Crippen LogP contribution in [0.2, 0.25) is 5.02 Å². The third-order valence-corrected chi connectivity index (χ3v) is 6.61. The zero-order valence-corrected chi connectivity index (χ0v) is 19.6. The lowest BCUT2D eigenvalue weighted by atomic mass is 10.1. The van der Waals surface area contributed by atoms with Gasteiger partial charge in [-0.3, -0.25) is 9.59 Å². The van der Waals surface area contributed by atoms with Crippen LogP contribution in [0.3, 0.4) is 0 Å². The van der Waals surface area contributed by atoms with Gasteiger partial charge >= 0.3 is 5.97 Å². The Morgan fingerprint density at radius 1 is 1.10 bits per heavy atom. The van der Waals surface area contributed by atoms with Crippen molar-refractivity contribution in [2.45, 2.75) is 30.7 Å². The van der Waals surface area contributed by atoms with E-state index in [1.807, 2.05) is 6.26 Å². The molecule has 0 bridgehead atoms. The molecule has 168 valence electrons. The number of thioether (sulfide) groups is 1. The van der Waals surface area contributed by atoms with E-state index in [9.17, 15) is 18.0 Å². The number of hydrogen-bond acceptors (Lipinski definition) is 6. The normalized spacial score (nSPS) is 12.2. The molecule has 1 amide bonds. The van der Waals surface area contributed by atoms with Crippen molar-refractivity contribution in [1.29, 1.82) is 0 Å². The van der Waals surface area contributed by atoms with Crippen LogP contribution in [0.15, 0.2) is 53.4 Å². The number of carbonyl (C=O) groups is 2. The lowest BCUT2D eigenvalue weighted by Gasteiger charge is -2.18. The average Bonchev–Trinajstić information content (AvgIpc) is 2.73. The zero-order chi connectivity index (χ0) is 22.9. The van der Waals surface area contributed by atoms with Crippen molar-refractivity contribution in [2.24, 2.45) is 0 Å². The Balaban J connectivity index is 2.08. The number of carbonyl (C=O) groups excluding carboxylic acids is 2. The quantitative estimate of drug-likeness (QED) is 0.473. The van der Waals surface area contributed by atoms with Gasteiger partial charge in [-0.1, -0.05) is 23.7 Å². The fourth-order valence-corrected chi connectivity index (χ4v) is 4.49. The minimum Gasteiger partial charge on any atom is -0.466 e. The van der Waals surface area contributed by atoms with Crippen molar-refractivity contribution in [3.63, 3.8) is 0 Å². The van der Waals surface area contributed by atoms with Crippen molar-refractivity contribution in [3.05, 3.63) is 59.1 Å². The number of ether oxygens (including phenoxy) is 1. The lowest BCUT2D eigenvalue weighted by Crippen LogP contribution is -2.44. The highest BCUT2D eigenvalue weighted by atomic mass is 35.5. The van der Waals surface area contributed by atoms with Crippen LogP contribution in [0.5, 0.6) is 0 Å². The highest BCUT2D eigenvalue weighted by Gasteiger charge is 2.25. The molecule has 2 N–H and O–H groups in total. The summed E-state index contributed by atoms with van der Waals surface area (Å²) in [5.41, 5.74) is 1.25. The topological polar surface area (TPSA) is 102 Å². The fourth-order valence-electron chi connectivity index (χ4n) is 2.66. The van der Waals surface area contributed by atoms with E-state index >= 15 is 0 Å². The molecule has 0 aliphatic carbocycles. The first-order valence-electron chi connectivity index (χ1n) is 9.57. The van der Waals surface area contributed by atoms with Gasteiger partial charge in [-0.15, -0.1) is 0 Å². The molecule has 2 aromatic carbocycles. The van der Waals surface area contributed by atoms with Gasteiger partial charge < -0.3 is 10.1 Å². The highest BCUT2D eigenvalue weighted by Crippen LogP contribution is 2.16. The van der Waals surface area contributed by atoms with Gasteiger partial charge in [-0.05, 0) is 67.3 Å². The molecular weight excluding hydrogens is 460 g/mol. The van der Waals surface area contributed by atoms with Gasteiger partial charge in [0.25, 0.3) is 0 Å². The molecule has 0 unspecified atom stereocenters. The smallest absolute Gasteiger partial charge is 0.310 e. The molecule has 0 spiro atoms. The summed E-state index contributed by atoms with van der Waals surface area (Å²) in [7, 11) is -3.90. The summed E-state index contributed by atoms with van der Waals surface area (Å²) >= 11 is 7.34. The molecule has 0 fully saturated rings. The van der Waals surface area contributed by atoms with Crippen LogP contribution in [-0.2, 0) is 30.8 Å². The predicted molar refractivity (Wildman–Crippen MR) is 124 cm³/mol. The Hall–Kier alpha value is -2.07. The largest absolute Gasteiger partial charge is 0.466 e. The van der Waals surface area contributed by atoms with Gasteiger partial charge in [0, 0.05) is 10.7 Å². The summed E-state index contributed by atoms with van der Waals surface area (Å²) in [5.74, 6) is -0.197. The second-order valence-electron chi connectivity index (χ2n) is 6.58. The van der Waals surface area contributed by atoms with Crippen LogP contribution in [-0.4, -0.2) is 45.0 Å². The van der Waals surface area contributed by atoms with Crippen LogP contribution in [0.1, 0.15) is 18.9 Å². The van der Waals surface area contributed by atoms with Gasteiger partial charge in [0.15, 0.2) is 0 Å². The van der Waals surface area contributed by atoms with Crippen LogP contribution in [0.4, 0.5) is 5.69 Å². The number of hydrogen-bond donors (Lipinski definition) is 2. The number of amides is 1. The highest BCUT2D eigenvalue weighted by molar-refractivity contribution is 7.98. The zero-order valence-electron chi connectivity index (χ0n) is 17.3. The van der Waals surface area contributed by atoms with Crippen molar-refractivity contribution in [2.75, 3.05) is 23.9 Å². The Labute approximate surface area is 191 Å². The Morgan fingerprint density at radius 3 is 2.32 bits per heavy atom. The van der Waals surface area contributed by atoms with Gasteiger partial charge in [0.1, 0.15) is 6.04 Å². The number of halogens is 1. The molecule has 0 saturated carbocycles. The molecule has 10 heteroatoms. The minimum absolute atomic E-state index is 0.0298. The fraction of sp³-hybridized carbons (Fsp3) is 0.333. The van der Waals surface area contributed by atoms with Gasteiger partial charge in [0.2, 0.25) is 15.9 Å². The maximum absolute atomic E-state index is 12.8. The van der Waals surface area contributed by atoms with E-state index in [0.717, 1.165) is 5.56 Å². The molecule has 0 radical (unpaired) electrons. The molecule has 2 aromatic rings. The SMILES string of the molecule is CCOC(=O)Cc1ccc(NC(=O)[C@H](CCSC)NS(=O)(=O)c2ccc(Cl)cc2)cc1. The van der Waals surface area contributed by atoms with Crippen LogP contribution >= 0.6 is 23.4 Å². The average molecular weight is 485 g/mol. The third-order valence-electron chi connectivity index (χ3n) is 4.22. The molecule has 2 rings (SSSR count). The summed E-state index contributed by atoms with van der Waals surface area (Å²) in [6.07, 6.45) is 2.34. The predicted octanol–water partition coefficient (Wildman–Crippen LogP) is 3.48. The molecule has 0 heterocycles. The van der Waals surface area contributed by atoms with Crippen LogP contribution in [0.25, 0.3) is 0 Å². The van der Waals surface area contributed by atoms with E-state index in [1.54, 1.807) is 31.2 Å². The standard InChI is InChI=1S/C21H25ClN2O5S2/c1-3-29-20(25)14-15-4-8-17(9-5-15)23-21(26)19(12-13-30-2)24-31(27,28)18-10-6-16(22)7-11-18/h4-11,19,24H,3,12-14H2,1-2H3,(H,23,26)/t19-/m0/s1. The summed E-state index contributed by atoms with van der Waals surface area (Å²) in [6.45, 7) is 2.06. The van der Waals surface area contributed by atoms with Crippen molar-refractivity contribution in [3.8, 4) is 0 Å². The monoisotopic (exact) mass is 484 g/mol. The summed E-state index contributed by atoms with van der Waals surface area (Å²) in [5, 5.41) is 3.15. The Kier molecular flexibility index (Phi) is 9.83. The van der Waals surface area contributed by atoms with E-state index in [2.05, 4.69) is 10.0 Å². The summed E-state index contributed by atoms with van der Waals surface area (Å²) in [4.78, 5) is 24.4. The molecule has 0 aromatic heterocycles. The van der Waals surface area contributed by atoms with E-state index < -0.39 is 22.0 Å². The maximum Gasteiger partial charge on any atom is 0.310 e. The molecule has 1 atom stereocenters. The number of sulfonamides is 1. The van der Waals surface area contributed by atoms with Gasteiger partial charge in [0.05, 0.1) is 17.9 Å². The number of rotatable bonds is 11. The number of esters is 1.